The molecular weight excluding hydrogens is 224 g/mol. The summed E-state index contributed by atoms with van der Waals surface area (Å²) in [5.74, 6) is 1.25. The van der Waals surface area contributed by atoms with Crippen molar-refractivity contribution in [1.82, 2.24) is 0 Å². The fourth-order valence-corrected chi connectivity index (χ4v) is 7.41. The number of carbonyl (C=O) groups is 1. The highest BCUT2D eigenvalue weighted by molar-refractivity contribution is 8.61. The van der Waals surface area contributed by atoms with Crippen LogP contribution in [-0.2, 0) is 4.79 Å². The van der Waals surface area contributed by atoms with Gasteiger partial charge >= 0.3 is 0 Å². The van der Waals surface area contributed by atoms with Gasteiger partial charge in [0.05, 0.1) is 0 Å². The second-order valence-corrected chi connectivity index (χ2v) is 13.0. The molecule has 0 bridgehead atoms. The van der Waals surface area contributed by atoms with E-state index < -0.39 is 0 Å². The Balaban J connectivity index is 2.54. The van der Waals surface area contributed by atoms with Gasteiger partial charge in [0.25, 0.3) is 0 Å². The summed E-state index contributed by atoms with van der Waals surface area (Å²) in [5.41, 5.74) is 0.682. The zero-order valence-corrected chi connectivity index (χ0v) is 11.5. The largest absolute Gasteiger partial charge is 0.300 e. The SMILES string of the molecule is C[C@H]1CCC(=O)C[C@@H]1P(P)PP. The summed E-state index contributed by atoms with van der Waals surface area (Å²) in [4.78, 5) is 11.2. The quantitative estimate of drug-likeness (QED) is 0.676. The van der Waals surface area contributed by atoms with Gasteiger partial charge in [-0.25, -0.2) is 0 Å². The van der Waals surface area contributed by atoms with E-state index in [1.807, 2.05) is 0 Å². The lowest BCUT2D eigenvalue weighted by atomic mass is 9.89. The second-order valence-electron chi connectivity index (χ2n) is 3.36. The Morgan fingerprint density at radius 3 is 2.92 bits per heavy atom. The summed E-state index contributed by atoms with van der Waals surface area (Å²) in [6.45, 7) is 2.29. The molecule has 1 nitrogen and oxygen atoms in total. The number of hydrogen-bond acceptors (Lipinski definition) is 1. The summed E-state index contributed by atoms with van der Waals surface area (Å²) < 4.78 is 0. The van der Waals surface area contributed by atoms with E-state index in [-0.39, 0.29) is 7.30 Å². The summed E-state index contributed by atoms with van der Waals surface area (Å²) in [6.07, 6.45) is 2.79. The van der Waals surface area contributed by atoms with Crippen LogP contribution in [0.2, 0.25) is 0 Å². The van der Waals surface area contributed by atoms with Crippen LogP contribution in [0.5, 0.6) is 0 Å². The van der Waals surface area contributed by atoms with Crippen LogP contribution >= 0.6 is 33.1 Å². The van der Waals surface area contributed by atoms with Crippen molar-refractivity contribution in [1.29, 1.82) is 0 Å². The highest BCUT2D eigenvalue weighted by atomic mass is 32.6. The maximum atomic E-state index is 11.2. The molecule has 0 N–H and O–H groups in total. The van der Waals surface area contributed by atoms with Crippen LogP contribution in [0.4, 0.5) is 0 Å². The molecule has 70 valence electrons. The van der Waals surface area contributed by atoms with Gasteiger partial charge in [-0.05, 0) is 18.0 Å². The van der Waals surface area contributed by atoms with E-state index in [0.29, 0.717) is 11.4 Å². The molecule has 0 radical (unpaired) electrons. The van der Waals surface area contributed by atoms with Gasteiger partial charge in [0.1, 0.15) is 5.78 Å². The van der Waals surface area contributed by atoms with Crippen LogP contribution in [-0.4, -0.2) is 11.4 Å². The van der Waals surface area contributed by atoms with Gasteiger partial charge < -0.3 is 0 Å². The van der Waals surface area contributed by atoms with E-state index in [4.69, 9.17) is 0 Å². The average Bonchev–Trinajstić information content (AvgIpc) is 2.08. The lowest BCUT2D eigenvalue weighted by molar-refractivity contribution is -0.120. The minimum absolute atomic E-state index is 0.0241. The van der Waals surface area contributed by atoms with Crippen molar-refractivity contribution in [2.75, 3.05) is 0 Å². The standard InChI is InChI=1S/C7H16OP4/c1-5-2-3-6(8)4-7(5)12(10)11-9/h5,7,11H,2-4,9-10H2,1H3/t5-,7-,12?/m0/s1. The monoisotopic (exact) mass is 240 g/mol. The highest BCUT2D eigenvalue weighted by Crippen LogP contribution is 2.71. The van der Waals surface area contributed by atoms with Crippen molar-refractivity contribution in [3.8, 4) is 0 Å². The van der Waals surface area contributed by atoms with Crippen LogP contribution in [0, 0.1) is 5.92 Å². The minimum atomic E-state index is 0.0241. The van der Waals surface area contributed by atoms with Crippen molar-refractivity contribution >= 4 is 38.9 Å². The summed E-state index contributed by atoms with van der Waals surface area (Å²) >= 11 is 0. The molecule has 0 saturated heterocycles. The molecule has 0 heterocycles. The maximum absolute atomic E-state index is 11.2. The average molecular weight is 240 g/mol. The van der Waals surface area contributed by atoms with Crippen molar-refractivity contribution < 1.29 is 4.79 Å². The van der Waals surface area contributed by atoms with Crippen LogP contribution < -0.4 is 0 Å². The molecule has 0 amide bonds. The van der Waals surface area contributed by atoms with Gasteiger partial charge in [-0.1, -0.05) is 22.2 Å². The Morgan fingerprint density at radius 1 is 1.67 bits per heavy atom. The maximum Gasteiger partial charge on any atom is 0.133 e. The van der Waals surface area contributed by atoms with E-state index >= 15 is 0 Å². The first kappa shape index (κ1) is 11.5. The van der Waals surface area contributed by atoms with Crippen molar-refractivity contribution in [3.63, 3.8) is 0 Å². The number of rotatable bonds is 2. The number of hydrogen-bond donors (Lipinski definition) is 0. The topological polar surface area (TPSA) is 17.1 Å². The van der Waals surface area contributed by atoms with Gasteiger partial charge in [0.15, 0.2) is 0 Å². The molecule has 0 aromatic carbocycles. The predicted octanol–water partition coefficient (Wildman–Crippen LogP) is 3.40. The Morgan fingerprint density at radius 2 is 2.33 bits per heavy atom. The molecule has 1 aliphatic carbocycles. The van der Waals surface area contributed by atoms with Gasteiger partial charge in [-0.2, -0.15) is 0 Å². The summed E-state index contributed by atoms with van der Waals surface area (Å²) in [6, 6.07) is 0. The predicted molar refractivity (Wildman–Crippen MR) is 66.5 cm³/mol. The first-order valence-electron chi connectivity index (χ1n) is 4.17. The first-order chi connectivity index (χ1) is 5.65. The molecule has 1 rings (SSSR count). The Bertz CT molecular complexity index is 169. The smallest absolute Gasteiger partial charge is 0.133 e. The third kappa shape index (κ3) is 2.96. The van der Waals surface area contributed by atoms with Gasteiger partial charge in [0.2, 0.25) is 0 Å². The molecular formula is C7H16OP4. The Labute approximate surface area is 81.8 Å². The van der Waals surface area contributed by atoms with E-state index in [0.717, 1.165) is 33.1 Å². The van der Waals surface area contributed by atoms with Crippen molar-refractivity contribution in [3.05, 3.63) is 0 Å². The van der Waals surface area contributed by atoms with Crippen molar-refractivity contribution in [2.45, 2.75) is 31.8 Å². The zero-order valence-electron chi connectivity index (χ0n) is 7.29. The molecule has 4 unspecified atom stereocenters. The molecule has 12 heavy (non-hydrogen) atoms. The molecule has 1 fully saturated rings. The lowest BCUT2D eigenvalue weighted by Gasteiger charge is -2.32. The molecule has 1 aliphatic rings. The van der Waals surface area contributed by atoms with Crippen LogP contribution in [0.15, 0.2) is 0 Å². The Hall–Kier alpha value is 1.39. The third-order valence-electron chi connectivity index (χ3n) is 2.48. The van der Waals surface area contributed by atoms with Crippen LogP contribution in [0.1, 0.15) is 26.2 Å². The molecule has 5 heteroatoms. The second kappa shape index (κ2) is 5.32. The fourth-order valence-electron chi connectivity index (χ4n) is 1.59. The van der Waals surface area contributed by atoms with E-state index in [1.54, 1.807) is 0 Å². The number of carbonyl (C=O) groups excluding carboxylic acids is 1. The number of ketones is 1. The van der Waals surface area contributed by atoms with Crippen LogP contribution in [0.25, 0.3) is 0 Å². The molecule has 1 saturated carbocycles. The van der Waals surface area contributed by atoms with E-state index in [9.17, 15) is 4.79 Å². The van der Waals surface area contributed by atoms with Crippen LogP contribution in [0.3, 0.4) is 0 Å². The molecule has 6 atom stereocenters. The normalized spacial score (nSPS) is 34.4. The first-order valence-corrected chi connectivity index (χ1v) is 10.8. The van der Waals surface area contributed by atoms with Crippen molar-refractivity contribution in [2.24, 2.45) is 5.92 Å². The third-order valence-corrected chi connectivity index (χ3v) is 13.9. The van der Waals surface area contributed by atoms with E-state index in [1.165, 1.54) is 0 Å². The van der Waals surface area contributed by atoms with Gasteiger partial charge in [-0.15, -0.1) is 17.9 Å². The number of Topliss-reactive ketones (excluding diaryl/α,β-unsaturated/α-hetero) is 1. The lowest BCUT2D eigenvalue weighted by Crippen LogP contribution is -2.24. The van der Waals surface area contributed by atoms with E-state index in [2.05, 4.69) is 24.8 Å². The molecule has 0 aliphatic heterocycles. The molecule has 0 spiro atoms. The fraction of sp³-hybridized carbons (Fsp3) is 0.857. The zero-order chi connectivity index (χ0) is 9.14. The molecule has 0 aromatic heterocycles. The highest BCUT2D eigenvalue weighted by Gasteiger charge is 2.29. The summed E-state index contributed by atoms with van der Waals surface area (Å²) in [7, 11) is 6.72. The minimum Gasteiger partial charge on any atom is -0.300 e. The summed E-state index contributed by atoms with van der Waals surface area (Å²) in [5, 5.41) is 0. The van der Waals surface area contributed by atoms with Gasteiger partial charge in [-0.3, -0.25) is 4.79 Å². The molecule has 0 aromatic rings. The van der Waals surface area contributed by atoms with Gasteiger partial charge in [0, 0.05) is 12.8 Å². The Kier molecular flexibility index (Phi) is 5.08.